The largest absolute Gasteiger partial charge is 0.497 e. The summed E-state index contributed by atoms with van der Waals surface area (Å²) >= 11 is 1.67. The minimum absolute atomic E-state index is 0.614. The molecule has 0 aliphatic carbocycles. The molecule has 4 rings (SSSR count). The lowest BCUT2D eigenvalue weighted by Crippen LogP contribution is -2.46. The summed E-state index contributed by atoms with van der Waals surface area (Å²) in [5.74, 6) is 2.40. The van der Waals surface area contributed by atoms with Crippen LogP contribution in [-0.2, 0) is 6.54 Å². The lowest BCUT2D eigenvalue weighted by atomic mass is 10.2. The first kappa shape index (κ1) is 21.5. The molecule has 0 spiro atoms. The molecule has 2 aromatic carbocycles. The first-order valence-electron chi connectivity index (χ1n) is 10.6. The molecule has 1 saturated heterocycles. The highest BCUT2D eigenvalue weighted by Gasteiger charge is 2.19. The van der Waals surface area contributed by atoms with E-state index in [0.717, 1.165) is 66.2 Å². The van der Waals surface area contributed by atoms with Crippen molar-refractivity contribution in [1.29, 1.82) is 0 Å². The molecule has 0 N–H and O–H groups in total. The Kier molecular flexibility index (Phi) is 6.94. The molecule has 2 heterocycles. The number of benzene rings is 2. The zero-order chi connectivity index (χ0) is 21.6. The lowest BCUT2D eigenvalue weighted by molar-refractivity contribution is 0.247. The van der Waals surface area contributed by atoms with Gasteiger partial charge in [-0.05, 0) is 49.4 Å². The average Bonchev–Trinajstić information content (AvgIpc) is 3.28. The van der Waals surface area contributed by atoms with Gasteiger partial charge >= 0.3 is 0 Å². The SMILES string of the molecule is CCOc1ccc(-c2nc(CN3CCN(c4ccc(OC)cc4)CC3)cs2)cc1OC. The second-order valence-electron chi connectivity index (χ2n) is 7.40. The van der Waals surface area contributed by atoms with Crippen molar-refractivity contribution in [3.8, 4) is 27.8 Å². The summed E-state index contributed by atoms with van der Waals surface area (Å²) in [4.78, 5) is 9.77. The third-order valence-corrected chi connectivity index (χ3v) is 6.40. The molecule has 0 bridgehead atoms. The Morgan fingerprint density at radius 2 is 1.71 bits per heavy atom. The number of rotatable bonds is 8. The van der Waals surface area contributed by atoms with Crippen LogP contribution in [0.2, 0.25) is 0 Å². The number of nitrogens with zero attached hydrogens (tertiary/aromatic N) is 3. The van der Waals surface area contributed by atoms with Gasteiger partial charge in [0.2, 0.25) is 0 Å². The van der Waals surface area contributed by atoms with Gasteiger partial charge in [-0.1, -0.05) is 0 Å². The number of aromatic nitrogens is 1. The van der Waals surface area contributed by atoms with Crippen molar-refractivity contribution in [3.05, 3.63) is 53.5 Å². The Labute approximate surface area is 188 Å². The van der Waals surface area contributed by atoms with E-state index in [2.05, 4.69) is 27.3 Å². The standard InChI is InChI=1S/C24H29N3O3S/c1-4-30-22-10-5-18(15-23(22)29-3)24-25-19(17-31-24)16-26-11-13-27(14-12-26)20-6-8-21(28-2)9-7-20/h5-10,15,17H,4,11-14,16H2,1-3H3. The Hall–Kier alpha value is -2.77. The van der Waals surface area contributed by atoms with E-state index in [1.165, 1.54) is 5.69 Å². The summed E-state index contributed by atoms with van der Waals surface area (Å²) in [6.45, 7) is 7.53. The summed E-state index contributed by atoms with van der Waals surface area (Å²) in [5.41, 5.74) is 3.42. The first-order valence-corrected chi connectivity index (χ1v) is 11.4. The number of hydrogen-bond donors (Lipinski definition) is 0. The maximum Gasteiger partial charge on any atom is 0.161 e. The summed E-state index contributed by atoms with van der Waals surface area (Å²) in [6.07, 6.45) is 0. The molecule has 0 amide bonds. The van der Waals surface area contributed by atoms with Gasteiger partial charge in [0, 0.05) is 49.4 Å². The second-order valence-corrected chi connectivity index (χ2v) is 8.26. The molecule has 0 atom stereocenters. The predicted octanol–water partition coefficient (Wildman–Crippen LogP) is 4.55. The first-order chi connectivity index (χ1) is 15.2. The maximum absolute atomic E-state index is 5.62. The molecular weight excluding hydrogens is 410 g/mol. The normalized spacial score (nSPS) is 14.5. The topological polar surface area (TPSA) is 47.1 Å². The third kappa shape index (κ3) is 5.11. The van der Waals surface area contributed by atoms with Crippen molar-refractivity contribution in [1.82, 2.24) is 9.88 Å². The number of thiazole rings is 1. The van der Waals surface area contributed by atoms with Crippen molar-refractivity contribution < 1.29 is 14.2 Å². The van der Waals surface area contributed by atoms with Gasteiger partial charge in [0.15, 0.2) is 11.5 Å². The van der Waals surface area contributed by atoms with Gasteiger partial charge in [0.05, 0.1) is 26.5 Å². The minimum atomic E-state index is 0.614. The van der Waals surface area contributed by atoms with Crippen molar-refractivity contribution in [2.24, 2.45) is 0 Å². The zero-order valence-corrected chi connectivity index (χ0v) is 19.2. The average molecular weight is 440 g/mol. The van der Waals surface area contributed by atoms with Crippen LogP contribution in [0, 0.1) is 0 Å². The van der Waals surface area contributed by atoms with Gasteiger partial charge < -0.3 is 19.1 Å². The van der Waals surface area contributed by atoms with Crippen molar-refractivity contribution in [3.63, 3.8) is 0 Å². The Bertz CT molecular complexity index is 982. The fraction of sp³-hybridized carbons (Fsp3) is 0.375. The van der Waals surface area contributed by atoms with Gasteiger partial charge in [0.25, 0.3) is 0 Å². The fourth-order valence-corrected chi connectivity index (χ4v) is 4.58. The van der Waals surface area contributed by atoms with E-state index < -0.39 is 0 Å². The van der Waals surface area contributed by atoms with E-state index in [9.17, 15) is 0 Å². The molecule has 3 aromatic rings. The van der Waals surface area contributed by atoms with Gasteiger partial charge in [0.1, 0.15) is 10.8 Å². The number of anilines is 1. The summed E-state index contributed by atoms with van der Waals surface area (Å²) in [6, 6.07) is 14.3. The van der Waals surface area contributed by atoms with Gasteiger partial charge in [-0.3, -0.25) is 4.90 Å². The van der Waals surface area contributed by atoms with Crippen LogP contribution in [0.3, 0.4) is 0 Å². The summed E-state index contributed by atoms with van der Waals surface area (Å²) < 4.78 is 16.4. The molecular formula is C24H29N3O3S. The van der Waals surface area contributed by atoms with E-state index in [4.69, 9.17) is 19.2 Å². The molecule has 0 unspecified atom stereocenters. The molecule has 31 heavy (non-hydrogen) atoms. The molecule has 1 fully saturated rings. The van der Waals surface area contributed by atoms with Gasteiger partial charge in [-0.2, -0.15) is 0 Å². The molecule has 164 valence electrons. The predicted molar refractivity (Wildman–Crippen MR) is 126 cm³/mol. The minimum Gasteiger partial charge on any atom is -0.497 e. The monoisotopic (exact) mass is 439 g/mol. The molecule has 7 heteroatoms. The van der Waals surface area contributed by atoms with E-state index >= 15 is 0 Å². The molecule has 6 nitrogen and oxygen atoms in total. The highest BCUT2D eigenvalue weighted by molar-refractivity contribution is 7.13. The van der Waals surface area contributed by atoms with Crippen LogP contribution >= 0.6 is 11.3 Å². The van der Waals surface area contributed by atoms with Crippen LogP contribution in [0.15, 0.2) is 47.8 Å². The van der Waals surface area contributed by atoms with Crippen LogP contribution in [-0.4, -0.2) is 56.9 Å². The van der Waals surface area contributed by atoms with Gasteiger partial charge in [-0.25, -0.2) is 4.98 Å². The molecule has 1 aliphatic heterocycles. The smallest absolute Gasteiger partial charge is 0.161 e. The molecule has 1 aliphatic rings. The highest BCUT2D eigenvalue weighted by atomic mass is 32.1. The van der Waals surface area contributed by atoms with E-state index in [-0.39, 0.29) is 0 Å². The summed E-state index contributed by atoms with van der Waals surface area (Å²) in [7, 11) is 3.37. The van der Waals surface area contributed by atoms with E-state index in [1.807, 2.05) is 37.3 Å². The van der Waals surface area contributed by atoms with E-state index in [1.54, 1.807) is 25.6 Å². The Balaban J connectivity index is 1.35. The second kappa shape index (κ2) is 10.0. The quantitative estimate of drug-likeness (QED) is 0.513. The van der Waals surface area contributed by atoms with Crippen molar-refractivity contribution >= 4 is 17.0 Å². The molecule has 0 radical (unpaired) electrons. The number of methoxy groups -OCH3 is 2. The zero-order valence-electron chi connectivity index (χ0n) is 18.3. The molecule has 1 aromatic heterocycles. The van der Waals surface area contributed by atoms with Crippen molar-refractivity contribution in [2.45, 2.75) is 13.5 Å². The van der Waals surface area contributed by atoms with Crippen LogP contribution in [0.5, 0.6) is 17.2 Å². The van der Waals surface area contributed by atoms with Crippen LogP contribution in [0.1, 0.15) is 12.6 Å². The fourth-order valence-electron chi connectivity index (χ4n) is 3.77. The van der Waals surface area contributed by atoms with Crippen molar-refractivity contribution in [2.75, 3.05) is 51.9 Å². The highest BCUT2D eigenvalue weighted by Crippen LogP contribution is 2.34. The summed E-state index contributed by atoms with van der Waals surface area (Å²) in [5, 5.41) is 3.17. The number of ether oxygens (including phenoxy) is 3. The Morgan fingerprint density at radius 3 is 2.39 bits per heavy atom. The number of hydrogen-bond acceptors (Lipinski definition) is 7. The van der Waals surface area contributed by atoms with Crippen LogP contribution in [0.4, 0.5) is 5.69 Å². The maximum atomic E-state index is 5.62. The van der Waals surface area contributed by atoms with Crippen LogP contribution < -0.4 is 19.1 Å². The lowest BCUT2D eigenvalue weighted by Gasteiger charge is -2.35. The van der Waals surface area contributed by atoms with Gasteiger partial charge in [-0.15, -0.1) is 11.3 Å². The third-order valence-electron chi connectivity index (χ3n) is 5.46. The Morgan fingerprint density at radius 1 is 0.935 bits per heavy atom. The van der Waals surface area contributed by atoms with E-state index in [0.29, 0.717) is 6.61 Å². The molecule has 0 saturated carbocycles. The van der Waals surface area contributed by atoms with Crippen LogP contribution in [0.25, 0.3) is 10.6 Å². The number of piperazine rings is 1.